The van der Waals surface area contributed by atoms with Crippen LogP contribution in [0.15, 0.2) is 59.1 Å². The van der Waals surface area contributed by atoms with Crippen molar-refractivity contribution < 1.29 is 24.0 Å². The first-order valence-electron chi connectivity index (χ1n) is 8.32. The van der Waals surface area contributed by atoms with E-state index < -0.39 is 24.3 Å². The Hall–Kier alpha value is -3.85. The second-order valence-corrected chi connectivity index (χ2v) is 6.23. The van der Waals surface area contributed by atoms with Gasteiger partial charge in [-0.15, -0.1) is 0 Å². The molecule has 0 atom stereocenters. The molecule has 1 heterocycles. The lowest BCUT2D eigenvalue weighted by molar-refractivity contribution is -0.120. The Balaban J connectivity index is 1.49. The number of halogens is 1. The number of hydrazine groups is 1. The Morgan fingerprint density at radius 1 is 1.00 bits per heavy atom. The Kier molecular flexibility index (Phi) is 6.10. The first kappa shape index (κ1) is 19.9. The second kappa shape index (κ2) is 8.89. The summed E-state index contributed by atoms with van der Waals surface area (Å²) >= 11 is 5.77. The fourth-order valence-corrected chi connectivity index (χ4v) is 2.47. The van der Waals surface area contributed by atoms with Crippen molar-refractivity contribution in [3.63, 3.8) is 0 Å². The average molecular weight is 415 g/mol. The molecular weight excluding hydrogens is 400 g/mol. The van der Waals surface area contributed by atoms with Gasteiger partial charge < -0.3 is 14.9 Å². The normalized spacial score (nSPS) is 10.2. The van der Waals surface area contributed by atoms with E-state index in [1.54, 1.807) is 12.1 Å². The van der Waals surface area contributed by atoms with Crippen LogP contribution in [0.2, 0.25) is 5.02 Å². The number of nitrogens with zero attached hydrogens (tertiary/aromatic N) is 1. The molecule has 0 fully saturated rings. The summed E-state index contributed by atoms with van der Waals surface area (Å²) < 4.78 is 5.12. The summed E-state index contributed by atoms with van der Waals surface area (Å²) in [7, 11) is 0. The molecule has 0 aliphatic carbocycles. The summed E-state index contributed by atoms with van der Waals surface area (Å²) in [6.45, 7) is -0.422. The van der Waals surface area contributed by atoms with Crippen LogP contribution in [0.5, 0.6) is 5.75 Å². The zero-order chi connectivity index (χ0) is 20.8. The number of phenolic OH excluding ortho intramolecular Hbond substituents is 1. The van der Waals surface area contributed by atoms with Crippen molar-refractivity contribution in [3.05, 3.63) is 70.9 Å². The summed E-state index contributed by atoms with van der Waals surface area (Å²) in [6.07, 6.45) is 0. The van der Waals surface area contributed by atoms with Crippen molar-refractivity contribution >= 4 is 29.3 Å². The molecule has 0 aliphatic heterocycles. The van der Waals surface area contributed by atoms with Gasteiger partial charge in [0.15, 0.2) is 11.5 Å². The number of aromatic hydroxyl groups is 1. The summed E-state index contributed by atoms with van der Waals surface area (Å²) in [6, 6.07) is 14.4. The lowest BCUT2D eigenvalue weighted by Crippen LogP contribution is -2.46. The van der Waals surface area contributed by atoms with Gasteiger partial charge in [-0.1, -0.05) is 47.1 Å². The van der Waals surface area contributed by atoms with Crippen molar-refractivity contribution in [1.82, 2.24) is 21.3 Å². The van der Waals surface area contributed by atoms with Crippen molar-refractivity contribution in [3.8, 4) is 17.1 Å². The van der Waals surface area contributed by atoms with E-state index in [0.717, 1.165) is 5.56 Å². The van der Waals surface area contributed by atoms with Crippen molar-refractivity contribution in [1.29, 1.82) is 0 Å². The van der Waals surface area contributed by atoms with Gasteiger partial charge in [-0.3, -0.25) is 25.2 Å². The molecule has 148 valence electrons. The summed E-state index contributed by atoms with van der Waals surface area (Å²) in [4.78, 5) is 35.9. The Morgan fingerprint density at radius 2 is 1.76 bits per heavy atom. The van der Waals surface area contributed by atoms with E-state index in [1.807, 2.05) is 18.2 Å². The van der Waals surface area contributed by atoms with Crippen LogP contribution in [0.3, 0.4) is 0 Å². The zero-order valence-electron chi connectivity index (χ0n) is 14.8. The molecule has 0 radical (unpaired) electrons. The maximum Gasteiger partial charge on any atom is 0.273 e. The van der Waals surface area contributed by atoms with Gasteiger partial charge in [0.1, 0.15) is 5.75 Å². The van der Waals surface area contributed by atoms with Crippen molar-refractivity contribution in [2.24, 2.45) is 0 Å². The number of hydrogen-bond donors (Lipinski definition) is 4. The van der Waals surface area contributed by atoms with E-state index in [-0.39, 0.29) is 22.0 Å². The molecule has 2 aromatic carbocycles. The molecule has 1 aromatic heterocycles. The third-order valence-electron chi connectivity index (χ3n) is 3.73. The minimum absolute atomic E-state index is 0.00420. The molecule has 0 unspecified atom stereocenters. The quantitative estimate of drug-likeness (QED) is 0.471. The first-order valence-corrected chi connectivity index (χ1v) is 8.70. The van der Waals surface area contributed by atoms with Gasteiger partial charge in [0.05, 0.1) is 12.1 Å². The van der Waals surface area contributed by atoms with E-state index in [9.17, 15) is 19.5 Å². The standard InChI is InChI=1S/C19H15ClN4O5/c20-12-6-7-15(25)13(8-12)18(27)23-22-17(26)10-21-19(28)14-9-16(29-24-14)11-4-2-1-3-5-11/h1-9,25H,10H2,(H,21,28)(H,22,26)(H,23,27). The van der Waals surface area contributed by atoms with E-state index in [0.29, 0.717) is 5.76 Å². The van der Waals surface area contributed by atoms with Gasteiger partial charge in [0.2, 0.25) is 0 Å². The highest BCUT2D eigenvalue weighted by Crippen LogP contribution is 2.21. The van der Waals surface area contributed by atoms with Crippen LogP contribution in [0, 0.1) is 0 Å². The lowest BCUT2D eigenvalue weighted by Gasteiger charge is -2.09. The number of carbonyl (C=O) groups is 3. The Morgan fingerprint density at radius 3 is 2.52 bits per heavy atom. The number of rotatable bonds is 5. The highest BCUT2D eigenvalue weighted by atomic mass is 35.5. The maximum absolute atomic E-state index is 12.1. The average Bonchev–Trinajstić information content (AvgIpc) is 3.23. The minimum atomic E-state index is -0.770. The molecule has 29 heavy (non-hydrogen) atoms. The first-order chi connectivity index (χ1) is 13.9. The third-order valence-corrected chi connectivity index (χ3v) is 3.96. The van der Waals surface area contributed by atoms with Crippen LogP contribution in [0.4, 0.5) is 0 Å². The molecule has 3 aromatic rings. The van der Waals surface area contributed by atoms with Gasteiger partial charge >= 0.3 is 0 Å². The predicted molar refractivity (Wildman–Crippen MR) is 103 cm³/mol. The van der Waals surface area contributed by atoms with Crippen LogP contribution in [0.25, 0.3) is 11.3 Å². The van der Waals surface area contributed by atoms with Crippen LogP contribution in [-0.2, 0) is 4.79 Å². The fourth-order valence-electron chi connectivity index (χ4n) is 2.30. The van der Waals surface area contributed by atoms with Gasteiger partial charge in [-0.25, -0.2) is 0 Å². The van der Waals surface area contributed by atoms with Crippen molar-refractivity contribution in [2.75, 3.05) is 6.54 Å². The van der Waals surface area contributed by atoms with E-state index in [2.05, 4.69) is 21.3 Å². The molecule has 3 amide bonds. The van der Waals surface area contributed by atoms with Gasteiger partial charge in [0, 0.05) is 16.7 Å². The van der Waals surface area contributed by atoms with E-state index >= 15 is 0 Å². The van der Waals surface area contributed by atoms with Gasteiger partial charge in [0.25, 0.3) is 17.7 Å². The molecule has 0 saturated carbocycles. The summed E-state index contributed by atoms with van der Waals surface area (Å²) in [5.41, 5.74) is 4.87. The molecule has 9 nitrogen and oxygen atoms in total. The number of hydrogen-bond acceptors (Lipinski definition) is 6. The fraction of sp³-hybridized carbons (Fsp3) is 0.0526. The van der Waals surface area contributed by atoms with Gasteiger partial charge in [-0.05, 0) is 18.2 Å². The summed E-state index contributed by atoms with van der Waals surface area (Å²) in [5.74, 6) is -1.97. The summed E-state index contributed by atoms with van der Waals surface area (Å²) in [5, 5.41) is 15.9. The number of benzene rings is 2. The number of carbonyl (C=O) groups excluding carboxylic acids is 3. The Labute approximate surface area is 169 Å². The highest BCUT2D eigenvalue weighted by molar-refractivity contribution is 6.31. The van der Waals surface area contributed by atoms with Gasteiger partial charge in [-0.2, -0.15) is 0 Å². The third kappa shape index (κ3) is 5.11. The van der Waals surface area contributed by atoms with Crippen LogP contribution in [-0.4, -0.2) is 34.5 Å². The monoisotopic (exact) mass is 414 g/mol. The topological polar surface area (TPSA) is 134 Å². The van der Waals surface area contributed by atoms with Crippen LogP contribution >= 0.6 is 11.6 Å². The van der Waals surface area contributed by atoms with Crippen LogP contribution < -0.4 is 16.2 Å². The molecule has 3 rings (SSSR count). The number of amides is 3. The van der Waals surface area contributed by atoms with Crippen molar-refractivity contribution in [2.45, 2.75) is 0 Å². The van der Waals surface area contributed by atoms with E-state index in [1.165, 1.54) is 24.3 Å². The molecule has 0 aliphatic rings. The smallest absolute Gasteiger partial charge is 0.273 e. The predicted octanol–water partition coefficient (Wildman–Crippen LogP) is 1.89. The zero-order valence-corrected chi connectivity index (χ0v) is 15.6. The maximum atomic E-state index is 12.1. The molecule has 0 spiro atoms. The Bertz CT molecular complexity index is 1050. The molecule has 4 N–H and O–H groups in total. The minimum Gasteiger partial charge on any atom is -0.507 e. The largest absolute Gasteiger partial charge is 0.507 e. The highest BCUT2D eigenvalue weighted by Gasteiger charge is 2.16. The van der Waals surface area contributed by atoms with E-state index in [4.69, 9.17) is 16.1 Å². The SMILES string of the molecule is O=C(CNC(=O)c1cc(-c2ccccc2)on1)NNC(=O)c1cc(Cl)ccc1O. The number of nitrogens with one attached hydrogen (secondary N) is 3. The molecule has 10 heteroatoms. The number of aromatic nitrogens is 1. The molecule has 0 saturated heterocycles. The number of phenols is 1. The second-order valence-electron chi connectivity index (χ2n) is 5.79. The molecular formula is C19H15ClN4O5. The lowest BCUT2D eigenvalue weighted by atomic mass is 10.1. The molecule has 0 bridgehead atoms. The van der Waals surface area contributed by atoms with Crippen LogP contribution in [0.1, 0.15) is 20.8 Å².